The van der Waals surface area contributed by atoms with Crippen molar-refractivity contribution in [2.24, 2.45) is 11.1 Å². The van der Waals surface area contributed by atoms with E-state index >= 15 is 0 Å². The summed E-state index contributed by atoms with van der Waals surface area (Å²) < 4.78 is 28.5. The predicted molar refractivity (Wildman–Crippen MR) is 92.0 cm³/mol. The van der Waals surface area contributed by atoms with E-state index in [-0.39, 0.29) is 5.69 Å². The molecule has 9 nitrogen and oxygen atoms in total. The van der Waals surface area contributed by atoms with Gasteiger partial charge in [0, 0.05) is 6.07 Å². The molecule has 2 saturated heterocycles. The van der Waals surface area contributed by atoms with Gasteiger partial charge in [-0.05, 0) is 37.9 Å². The summed E-state index contributed by atoms with van der Waals surface area (Å²) in [4.78, 5) is 13.0. The van der Waals surface area contributed by atoms with Gasteiger partial charge in [-0.3, -0.25) is 15.0 Å². The van der Waals surface area contributed by atoms with E-state index in [1.54, 1.807) is 18.2 Å². The van der Waals surface area contributed by atoms with Gasteiger partial charge in [-0.2, -0.15) is 0 Å². The van der Waals surface area contributed by atoms with Gasteiger partial charge in [0.05, 0.1) is 30.8 Å². The average Bonchev–Trinajstić information content (AvgIpc) is 2.52. The van der Waals surface area contributed by atoms with Gasteiger partial charge >= 0.3 is 5.69 Å². The second-order valence-corrected chi connectivity index (χ2v) is 6.56. The number of benzene rings is 1. The first-order valence-electron chi connectivity index (χ1n) is 8.04. The van der Waals surface area contributed by atoms with Gasteiger partial charge in [0.2, 0.25) is 0 Å². The van der Waals surface area contributed by atoms with E-state index in [9.17, 15) is 10.1 Å². The maximum Gasteiger partial charge on any atom is 0.310 e. The molecule has 0 aromatic heterocycles. The predicted octanol–water partition coefficient (Wildman–Crippen LogP) is 0.556. The number of hydrogen-bond donors (Lipinski definition) is 2. The van der Waals surface area contributed by atoms with E-state index in [0.717, 1.165) is 39.1 Å². The molecule has 3 rings (SSSR count). The minimum absolute atomic E-state index is 0.0431. The van der Waals surface area contributed by atoms with Crippen molar-refractivity contribution in [3.05, 3.63) is 34.4 Å². The molecule has 0 saturated carbocycles. The second-order valence-electron chi connectivity index (χ2n) is 5.99. The van der Waals surface area contributed by atoms with Crippen molar-refractivity contribution < 1.29 is 22.8 Å². The quantitative estimate of drug-likeness (QED) is 0.439. The number of nitrogens with zero attached hydrogens (tertiary/aromatic N) is 2. The lowest BCUT2D eigenvalue weighted by molar-refractivity contribution is -0.385. The van der Waals surface area contributed by atoms with Crippen LogP contribution in [0, 0.1) is 16.0 Å². The third kappa shape index (κ3) is 6.24. The zero-order valence-electron chi connectivity index (χ0n) is 13.8. The number of rotatable bonds is 5. The van der Waals surface area contributed by atoms with Crippen LogP contribution in [0.5, 0.6) is 5.75 Å². The minimum Gasteiger partial charge on any atom is -0.487 e. The van der Waals surface area contributed by atoms with Gasteiger partial charge in [-0.15, -0.1) is 0 Å². The van der Waals surface area contributed by atoms with Gasteiger partial charge in [-0.1, -0.05) is 12.1 Å². The lowest BCUT2D eigenvalue weighted by Gasteiger charge is -2.41. The Hall–Kier alpha value is -1.75. The molecular formula is C15H23N3O6S. The van der Waals surface area contributed by atoms with E-state index in [1.807, 2.05) is 0 Å². The van der Waals surface area contributed by atoms with Crippen LogP contribution in [0.2, 0.25) is 0 Å². The summed E-state index contributed by atoms with van der Waals surface area (Å²) in [5, 5.41) is 15.0. The summed E-state index contributed by atoms with van der Waals surface area (Å²) in [6.45, 7) is 4.41. The first-order chi connectivity index (χ1) is 12.0. The largest absolute Gasteiger partial charge is 0.487 e. The highest BCUT2D eigenvalue weighted by Gasteiger charge is 2.30. The number of hydrogen-bond acceptors (Lipinski definition) is 7. The third-order valence-electron chi connectivity index (χ3n) is 4.32. The molecule has 2 fully saturated rings. The van der Waals surface area contributed by atoms with E-state index in [2.05, 4.69) is 10.0 Å². The van der Waals surface area contributed by atoms with Gasteiger partial charge in [0.1, 0.15) is 0 Å². The smallest absolute Gasteiger partial charge is 0.310 e. The summed E-state index contributed by atoms with van der Waals surface area (Å²) in [5.74, 6) is 0.847. The summed E-state index contributed by atoms with van der Waals surface area (Å²) in [5.41, 5.74) is 0.0431. The molecular weight excluding hydrogens is 350 g/mol. The molecule has 2 heterocycles. The number of piperidine rings is 1. The van der Waals surface area contributed by atoms with E-state index in [0.29, 0.717) is 24.3 Å². The Balaban J connectivity index is 0.000000511. The molecule has 0 atom stereocenters. The van der Waals surface area contributed by atoms with Gasteiger partial charge in [0.25, 0.3) is 0 Å². The lowest BCUT2D eigenvalue weighted by Crippen LogP contribution is -2.52. The van der Waals surface area contributed by atoms with Crippen LogP contribution in [0.15, 0.2) is 24.3 Å². The number of nitro benzene ring substituents is 1. The minimum atomic E-state index is -2.62. The van der Waals surface area contributed by atoms with Crippen molar-refractivity contribution in [3.8, 4) is 5.75 Å². The summed E-state index contributed by atoms with van der Waals surface area (Å²) in [7, 11) is -2.62. The van der Waals surface area contributed by atoms with Crippen LogP contribution < -0.4 is 9.88 Å². The van der Waals surface area contributed by atoms with Crippen molar-refractivity contribution in [2.45, 2.75) is 18.9 Å². The van der Waals surface area contributed by atoms with Crippen LogP contribution in [0.3, 0.4) is 0 Å². The Morgan fingerprint density at radius 1 is 1.28 bits per heavy atom. The molecule has 0 unspecified atom stereocenters. The highest BCUT2D eigenvalue weighted by molar-refractivity contribution is 7.69. The Morgan fingerprint density at radius 2 is 1.88 bits per heavy atom. The monoisotopic (exact) mass is 373 g/mol. The maximum atomic E-state index is 10.9. The number of para-hydroxylation sites is 2. The highest BCUT2D eigenvalue weighted by Crippen LogP contribution is 2.28. The molecule has 2 aliphatic rings. The van der Waals surface area contributed by atoms with Gasteiger partial charge < -0.3 is 9.47 Å². The fourth-order valence-electron chi connectivity index (χ4n) is 2.86. The van der Waals surface area contributed by atoms with Crippen LogP contribution in [-0.4, -0.2) is 57.2 Å². The molecule has 1 aromatic carbocycles. The normalized spacial score (nSPS) is 19.0. The maximum absolute atomic E-state index is 10.9. The Labute approximate surface area is 147 Å². The van der Waals surface area contributed by atoms with Crippen molar-refractivity contribution in [1.29, 1.82) is 0 Å². The first-order valence-corrected chi connectivity index (χ1v) is 9.29. The molecule has 25 heavy (non-hydrogen) atoms. The van der Waals surface area contributed by atoms with E-state index in [1.165, 1.54) is 6.07 Å². The van der Waals surface area contributed by atoms with Crippen molar-refractivity contribution >= 4 is 16.6 Å². The van der Waals surface area contributed by atoms with Gasteiger partial charge in [0.15, 0.2) is 16.6 Å². The average molecular weight is 373 g/mol. The molecule has 0 bridgehead atoms. The molecule has 1 aromatic rings. The van der Waals surface area contributed by atoms with Crippen LogP contribution in [0.4, 0.5) is 5.69 Å². The third-order valence-corrected chi connectivity index (χ3v) is 4.32. The Kier molecular flexibility index (Phi) is 7.56. The van der Waals surface area contributed by atoms with Crippen LogP contribution in [0.1, 0.15) is 12.8 Å². The topological polar surface area (TPSA) is 125 Å². The van der Waals surface area contributed by atoms with Crippen molar-refractivity contribution in [3.63, 3.8) is 0 Å². The summed E-state index contributed by atoms with van der Waals surface area (Å²) >= 11 is 0. The molecule has 2 aliphatic heterocycles. The number of nitrogens with two attached hydrogens (primary N) is 1. The SMILES string of the molecule is N[SH](=O)=O.O=[N+]([O-])c1ccccc1OCC1CCN(C2COC2)CC1. The zero-order valence-corrected chi connectivity index (χ0v) is 14.7. The Bertz CT molecular complexity index is 634. The number of ether oxygens (including phenoxy) is 2. The lowest BCUT2D eigenvalue weighted by atomic mass is 9.96. The van der Waals surface area contributed by atoms with Crippen LogP contribution in [0.25, 0.3) is 0 Å². The number of thiol groups is 1. The number of likely N-dealkylation sites (tertiary alicyclic amines) is 1. The van der Waals surface area contributed by atoms with E-state index < -0.39 is 15.8 Å². The molecule has 2 N–H and O–H groups in total. The van der Waals surface area contributed by atoms with Gasteiger partial charge in [-0.25, -0.2) is 13.6 Å². The molecule has 0 radical (unpaired) electrons. The van der Waals surface area contributed by atoms with Crippen molar-refractivity contribution in [2.75, 3.05) is 32.9 Å². The first kappa shape index (κ1) is 19.6. The fraction of sp³-hybridized carbons (Fsp3) is 0.600. The van der Waals surface area contributed by atoms with Crippen LogP contribution >= 0.6 is 0 Å². The van der Waals surface area contributed by atoms with Crippen molar-refractivity contribution in [1.82, 2.24) is 4.90 Å². The second kappa shape index (κ2) is 9.66. The van der Waals surface area contributed by atoms with Crippen LogP contribution in [-0.2, 0) is 15.6 Å². The van der Waals surface area contributed by atoms with E-state index in [4.69, 9.17) is 17.9 Å². The summed E-state index contributed by atoms with van der Waals surface area (Å²) in [6, 6.07) is 7.17. The number of nitro groups is 1. The standard InChI is InChI=1S/C15H20N2O4.H3NO2S/c18-17(19)14-3-1-2-4-15(14)21-9-12-5-7-16(8-6-12)13-10-20-11-13;1-4(2)3/h1-4,12-13H,5-11H2;4H,(H2,1,2,3). The zero-order chi connectivity index (χ0) is 18.2. The molecule has 0 amide bonds. The molecule has 0 spiro atoms. The molecule has 140 valence electrons. The molecule has 10 heteroatoms. The highest BCUT2D eigenvalue weighted by atomic mass is 32.2. The summed E-state index contributed by atoms with van der Waals surface area (Å²) in [6.07, 6.45) is 2.16. The fourth-order valence-corrected chi connectivity index (χ4v) is 2.86. The molecule has 0 aliphatic carbocycles. The Morgan fingerprint density at radius 3 is 2.40 bits per heavy atom.